The molecule has 5 nitrogen and oxygen atoms in total. The lowest BCUT2D eigenvalue weighted by Crippen LogP contribution is -2.22. The molecule has 0 heterocycles. The maximum Gasteiger partial charge on any atom is 0.305 e. The van der Waals surface area contributed by atoms with Crippen LogP contribution in [0.25, 0.3) is 6.08 Å². The number of ether oxygens (including phenoxy) is 1. The Bertz CT molecular complexity index is 595. The number of hydrogen-bond acceptors (Lipinski definition) is 5. The fourth-order valence-corrected chi connectivity index (χ4v) is 2.85. The molecule has 0 atom stereocenters. The molecule has 5 heteroatoms. The Morgan fingerprint density at radius 2 is 1.69 bits per heavy atom. The van der Waals surface area contributed by atoms with Crippen LogP contribution in [0, 0.1) is 0 Å². The van der Waals surface area contributed by atoms with Crippen molar-refractivity contribution >= 4 is 17.8 Å². The summed E-state index contributed by atoms with van der Waals surface area (Å²) in [5.74, 6) is -0.294. The van der Waals surface area contributed by atoms with Gasteiger partial charge in [-0.15, -0.1) is 0 Å². The van der Waals surface area contributed by atoms with Gasteiger partial charge in [0.25, 0.3) is 0 Å². The number of allylic oxidation sites excluding steroid dienone is 1. The van der Waals surface area contributed by atoms with Gasteiger partial charge in [0.05, 0.1) is 6.61 Å². The molecule has 0 aromatic heterocycles. The van der Waals surface area contributed by atoms with Crippen molar-refractivity contribution in [3.05, 3.63) is 41.5 Å². The van der Waals surface area contributed by atoms with E-state index in [1.54, 1.807) is 6.92 Å². The molecule has 0 amide bonds. The van der Waals surface area contributed by atoms with E-state index in [2.05, 4.69) is 24.6 Å². The van der Waals surface area contributed by atoms with E-state index < -0.39 is 0 Å². The second kappa shape index (κ2) is 16.9. The van der Waals surface area contributed by atoms with Crippen LogP contribution in [0.1, 0.15) is 87.6 Å². The van der Waals surface area contributed by atoms with Crippen molar-refractivity contribution in [1.29, 1.82) is 0 Å². The number of esters is 1. The lowest BCUT2D eigenvalue weighted by Gasteiger charge is -2.06. The molecule has 1 aromatic rings. The van der Waals surface area contributed by atoms with E-state index in [9.17, 15) is 9.59 Å². The van der Waals surface area contributed by atoms with Gasteiger partial charge in [-0.2, -0.15) is 0 Å². The predicted octanol–water partition coefficient (Wildman–Crippen LogP) is 5.50. The third-order valence-electron chi connectivity index (χ3n) is 4.54. The molecule has 0 unspecified atom stereocenters. The lowest BCUT2D eigenvalue weighted by molar-refractivity contribution is -0.143. The summed E-state index contributed by atoms with van der Waals surface area (Å²) in [6, 6.07) is 7.57. The first-order valence-corrected chi connectivity index (χ1v) is 11.0. The van der Waals surface area contributed by atoms with E-state index in [1.807, 2.05) is 24.3 Å². The molecule has 0 bridgehead atoms. The van der Waals surface area contributed by atoms with Crippen LogP contribution in [0.2, 0.25) is 0 Å². The molecule has 0 aliphatic heterocycles. The zero-order valence-electron chi connectivity index (χ0n) is 18.1. The minimum absolute atomic E-state index is 0.0351. The largest absolute Gasteiger partial charge is 0.466 e. The molecule has 0 saturated carbocycles. The van der Waals surface area contributed by atoms with Crippen molar-refractivity contribution in [2.45, 2.75) is 71.6 Å². The molecule has 0 fully saturated rings. The Morgan fingerprint density at radius 3 is 2.41 bits per heavy atom. The van der Waals surface area contributed by atoms with Gasteiger partial charge in [0, 0.05) is 18.5 Å². The summed E-state index contributed by atoms with van der Waals surface area (Å²) in [5, 5.41) is 0. The maximum absolute atomic E-state index is 12.1. The molecule has 0 aliphatic carbocycles. The Labute approximate surface area is 175 Å². The highest BCUT2D eigenvalue weighted by atomic mass is 16.6. The second-order valence-corrected chi connectivity index (χ2v) is 7.10. The van der Waals surface area contributed by atoms with Crippen LogP contribution >= 0.6 is 0 Å². The highest BCUT2D eigenvalue weighted by Gasteiger charge is 2.06. The highest BCUT2D eigenvalue weighted by molar-refractivity contribution is 5.97. The summed E-state index contributed by atoms with van der Waals surface area (Å²) >= 11 is 0. The third kappa shape index (κ3) is 13.0. The van der Waals surface area contributed by atoms with Gasteiger partial charge >= 0.3 is 5.97 Å². The molecule has 1 rings (SSSR count). The van der Waals surface area contributed by atoms with E-state index in [4.69, 9.17) is 9.57 Å². The van der Waals surface area contributed by atoms with Gasteiger partial charge in [-0.25, -0.2) is 5.48 Å². The van der Waals surface area contributed by atoms with Gasteiger partial charge in [0.1, 0.15) is 6.61 Å². The average molecular weight is 404 g/mol. The van der Waals surface area contributed by atoms with Crippen molar-refractivity contribution in [2.24, 2.45) is 0 Å². The zero-order valence-corrected chi connectivity index (χ0v) is 18.1. The lowest BCUT2D eigenvalue weighted by atomic mass is 10.1. The van der Waals surface area contributed by atoms with Gasteiger partial charge < -0.3 is 4.74 Å². The van der Waals surface area contributed by atoms with Crippen molar-refractivity contribution < 1.29 is 19.2 Å². The summed E-state index contributed by atoms with van der Waals surface area (Å²) in [7, 11) is 0. The number of Topliss-reactive ketones (excluding diaryl/α,β-unsaturated/α-hetero) is 1. The summed E-state index contributed by atoms with van der Waals surface area (Å²) in [6.07, 6.45) is 14.2. The van der Waals surface area contributed by atoms with E-state index in [1.165, 1.54) is 38.5 Å². The summed E-state index contributed by atoms with van der Waals surface area (Å²) in [4.78, 5) is 28.5. The normalized spacial score (nSPS) is 11.1. The van der Waals surface area contributed by atoms with Crippen LogP contribution in [0.5, 0.6) is 0 Å². The summed E-state index contributed by atoms with van der Waals surface area (Å²) < 4.78 is 4.84. The van der Waals surface area contributed by atoms with E-state index in [0.717, 1.165) is 12.0 Å². The number of hydroxylamine groups is 1. The standard InChI is InChI=1S/C24H37NO4/c1-3-5-6-7-8-9-10-11-13-21-15-17-22(18-16-21)23(26)20-29-25-19-12-14-24(27)28-4-2/h11,13,15-18,25H,3-10,12,14,19-20H2,1-2H3/b13-11-. The molecule has 0 radical (unpaired) electrons. The van der Waals surface area contributed by atoms with Crippen molar-refractivity contribution in [3.8, 4) is 0 Å². The summed E-state index contributed by atoms with van der Waals surface area (Å²) in [6.45, 7) is 4.87. The summed E-state index contributed by atoms with van der Waals surface area (Å²) in [5.41, 5.74) is 4.44. The predicted molar refractivity (Wildman–Crippen MR) is 118 cm³/mol. The van der Waals surface area contributed by atoms with E-state index >= 15 is 0 Å². The van der Waals surface area contributed by atoms with Crippen LogP contribution in [-0.2, 0) is 14.4 Å². The fraction of sp³-hybridized carbons (Fsp3) is 0.583. The molecule has 1 aromatic carbocycles. The molecule has 1 N–H and O–H groups in total. The number of carbonyl (C=O) groups excluding carboxylic acids is 2. The Hall–Kier alpha value is -1.98. The molecular weight excluding hydrogens is 366 g/mol. The number of rotatable bonds is 17. The minimum atomic E-state index is -0.216. The van der Waals surface area contributed by atoms with E-state index in [0.29, 0.717) is 31.6 Å². The molecule has 0 saturated heterocycles. The Balaban J connectivity index is 2.16. The van der Waals surface area contributed by atoms with Gasteiger partial charge in [0.15, 0.2) is 5.78 Å². The van der Waals surface area contributed by atoms with Crippen molar-refractivity contribution in [1.82, 2.24) is 5.48 Å². The number of hydrogen-bond donors (Lipinski definition) is 1. The first-order chi connectivity index (χ1) is 14.2. The second-order valence-electron chi connectivity index (χ2n) is 7.10. The first-order valence-electron chi connectivity index (χ1n) is 11.0. The maximum atomic E-state index is 12.1. The van der Waals surface area contributed by atoms with Crippen LogP contribution < -0.4 is 5.48 Å². The molecule has 29 heavy (non-hydrogen) atoms. The average Bonchev–Trinajstić information content (AvgIpc) is 2.73. The number of benzene rings is 1. The number of ketones is 1. The van der Waals surface area contributed by atoms with Gasteiger partial charge in [-0.05, 0) is 31.7 Å². The molecular formula is C24H37NO4. The molecule has 162 valence electrons. The first kappa shape index (κ1) is 25.1. The van der Waals surface area contributed by atoms with Gasteiger partial charge in [0.2, 0.25) is 0 Å². The Morgan fingerprint density at radius 1 is 0.966 bits per heavy atom. The topological polar surface area (TPSA) is 64.6 Å². The zero-order chi connectivity index (χ0) is 21.2. The van der Waals surface area contributed by atoms with Crippen molar-refractivity contribution in [2.75, 3.05) is 19.8 Å². The SMILES string of the molecule is CCCCCCCC/C=C\c1ccc(C(=O)CONCCCC(=O)OCC)cc1. The van der Waals surface area contributed by atoms with Crippen LogP contribution in [0.4, 0.5) is 0 Å². The molecule has 0 spiro atoms. The van der Waals surface area contributed by atoms with Crippen LogP contribution in [0.15, 0.2) is 30.3 Å². The number of carbonyl (C=O) groups is 2. The highest BCUT2D eigenvalue weighted by Crippen LogP contribution is 2.10. The van der Waals surface area contributed by atoms with E-state index in [-0.39, 0.29) is 18.4 Å². The van der Waals surface area contributed by atoms with Crippen LogP contribution in [0.3, 0.4) is 0 Å². The van der Waals surface area contributed by atoms with Gasteiger partial charge in [-0.1, -0.05) is 75.4 Å². The third-order valence-corrected chi connectivity index (χ3v) is 4.54. The smallest absolute Gasteiger partial charge is 0.305 e. The molecule has 0 aliphatic rings. The monoisotopic (exact) mass is 403 g/mol. The minimum Gasteiger partial charge on any atom is -0.466 e. The van der Waals surface area contributed by atoms with Gasteiger partial charge in [-0.3, -0.25) is 14.4 Å². The Kier molecular flexibility index (Phi) is 14.6. The van der Waals surface area contributed by atoms with Crippen molar-refractivity contribution in [3.63, 3.8) is 0 Å². The quantitative estimate of drug-likeness (QED) is 0.161. The van der Waals surface area contributed by atoms with Crippen LogP contribution in [-0.4, -0.2) is 31.5 Å². The number of unbranched alkanes of at least 4 members (excludes halogenated alkanes) is 6. The number of nitrogens with one attached hydrogen (secondary N) is 1. The fourth-order valence-electron chi connectivity index (χ4n) is 2.85.